The molecule has 0 aliphatic carbocycles. The monoisotopic (exact) mass is 434 g/mol. The first-order valence-electron chi connectivity index (χ1n) is 9.62. The van der Waals surface area contributed by atoms with Crippen molar-refractivity contribution < 1.29 is 27.4 Å². The minimum absolute atomic E-state index is 0.0415. The highest BCUT2D eigenvalue weighted by Gasteiger charge is 2.30. The van der Waals surface area contributed by atoms with Crippen molar-refractivity contribution in [2.75, 3.05) is 29.1 Å². The molecule has 9 heteroatoms. The van der Waals surface area contributed by atoms with E-state index in [0.29, 0.717) is 41.8 Å². The smallest absolute Gasteiger partial charge is 0.247 e. The number of hydrogen-bond acceptors (Lipinski definition) is 6. The van der Waals surface area contributed by atoms with Gasteiger partial charge in [0.15, 0.2) is 11.5 Å². The summed E-state index contributed by atoms with van der Waals surface area (Å²) in [5.74, 6) is 1.21. The third-order valence-electron chi connectivity index (χ3n) is 4.36. The largest absolute Gasteiger partial charge is 0.491 e. The van der Waals surface area contributed by atoms with Crippen LogP contribution in [0.5, 0.6) is 17.2 Å². The molecule has 1 aliphatic heterocycles. The van der Waals surface area contributed by atoms with Crippen LogP contribution < -0.4 is 23.8 Å². The number of carbonyl (C=O) groups excluding carboxylic acids is 1. The third-order valence-corrected chi connectivity index (χ3v) is 5.60. The summed E-state index contributed by atoms with van der Waals surface area (Å²) >= 11 is 0. The third kappa shape index (κ3) is 5.15. The van der Waals surface area contributed by atoms with Crippen LogP contribution in [-0.4, -0.2) is 45.9 Å². The van der Waals surface area contributed by atoms with Gasteiger partial charge in [-0.25, -0.2) is 8.42 Å². The maximum Gasteiger partial charge on any atom is 0.247 e. The molecule has 0 fully saturated rings. The van der Waals surface area contributed by atoms with E-state index in [2.05, 4.69) is 5.32 Å². The molecule has 0 spiro atoms. The fourth-order valence-electron chi connectivity index (χ4n) is 3.11. The van der Waals surface area contributed by atoms with Crippen LogP contribution in [0.15, 0.2) is 42.5 Å². The number of sulfonamides is 1. The number of carbonyl (C=O) groups is 1. The van der Waals surface area contributed by atoms with Gasteiger partial charge in [0.2, 0.25) is 15.9 Å². The van der Waals surface area contributed by atoms with Crippen molar-refractivity contribution in [1.29, 1.82) is 0 Å². The lowest BCUT2D eigenvalue weighted by molar-refractivity contribution is -0.116. The number of ether oxygens (including phenoxy) is 3. The summed E-state index contributed by atoms with van der Waals surface area (Å²) in [6.45, 7) is 6.19. The molecule has 1 heterocycles. The average Bonchev–Trinajstić information content (AvgIpc) is 2.68. The van der Waals surface area contributed by atoms with Gasteiger partial charge in [-0.3, -0.25) is 9.10 Å². The van der Waals surface area contributed by atoms with E-state index in [-0.39, 0.29) is 6.10 Å². The van der Waals surface area contributed by atoms with Crippen LogP contribution in [0.2, 0.25) is 0 Å². The predicted molar refractivity (Wildman–Crippen MR) is 115 cm³/mol. The molecule has 0 aromatic heterocycles. The zero-order chi connectivity index (χ0) is 21.9. The number of rotatable bonds is 7. The van der Waals surface area contributed by atoms with E-state index in [1.807, 2.05) is 13.8 Å². The minimum atomic E-state index is -3.75. The predicted octanol–water partition coefficient (Wildman–Crippen LogP) is 3.04. The van der Waals surface area contributed by atoms with Crippen molar-refractivity contribution in [3.8, 4) is 17.2 Å². The average molecular weight is 435 g/mol. The molecular weight excluding hydrogens is 408 g/mol. The normalized spacial score (nSPS) is 14.2. The van der Waals surface area contributed by atoms with Crippen LogP contribution in [0.25, 0.3) is 0 Å². The van der Waals surface area contributed by atoms with Gasteiger partial charge < -0.3 is 19.5 Å². The Balaban J connectivity index is 1.80. The fourth-order valence-corrected chi connectivity index (χ4v) is 4.28. The highest BCUT2D eigenvalue weighted by Crippen LogP contribution is 2.35. The Kier molecular flexibility index (Phi) is 6.40. The van der Waals surface area contributed by atoms with E-state index in [4.69, 9.17) is 14.2 Å². The lowest BCUT2D eigenvalue weighted by atomic mass is 10.2. The SMILES string of the molecule is CC(C)Oc1ccc(NC(=O)[C@@H](C)N(c2ccc3c(c2)OCCO3)S(C)(=O)=O)cc1. The minimum Gasteiger partial charge on any atom is -0.491 e. The maximum atomic E-state index is 12.8. The highest BCUT2D eigenvalue weighted by atomic mass is 32.2. The van der Waals surface area contributed by atoms with E-state index in [1.54, 1.807) is 42.5 Å². The second-order valence-electron chi connectivity index (χ2n) is 7.24. The molecule has 0 bridgehead atoms. The molecule has 2 aromatic rings. The summed E-state index contributed by atoms with van der Waals surface area (Å²) in [6, 6.07) is 10.7. The highest BCUT2D eigenvalue weighted by molar-refractivity contribution is 7.92. The fraction of sp³-hybridized carbons (Fsp3) is 0.381. The zero-order valence-electron chi connectivity index (χ0n) is 17.4. The van der Waals surface area contributed by atoms with Crippen LogP contribution >= 0.6 is 0 Å². The van der Waals surface area contributed by atoms with Gasteiger partial charge in [-0.15, -0.1) is 0 Å². The molecule has 1 amide bonds. The summed E-state index contributed by atoms with van der Waals surface area (Å²) in [5, 5.41) is 2.75. The van der Waals surface area contributed by atoms with Gasteiger partial charge in [0.25, 0.3) is 0 Å². The molecule has 8 nitrogen and oxygen atoms in total. The van der Waals surface area contributed by atoms with Gasteiger partial charge in [0.05, 0.1) is 18.0 Å². The van der Waals surface area contributed by atoms with Crippen LogP contribution in [-0.2, 0) is 14.8 Å². The van der Waals surface area contributed by atoms with Crippen molar-refractivity contribution in [2.45, 2.75) is 32.9 Å². The molecular formula is C21H26N2O6S. The summed E-state index contributed by atoms with van der Waals surface area (Å²) < 4.78 is 42.7. The molecule has 162 valence electrons. The Morgan fingerprint density at radius 3 is 2.27 bits per heavy atom. The van der Waals surface area contributed by atoms with Crippen molar-refractivity contribution >= 4 is 27.3 Å². The van der Waals surface area contributed by atoms with Gasteiger partial charge in [0, 0.05) is 11.8 Å². The molecule has 30 heavy (non-hydrogen) atoms. The molecule has 0 unspecified atom stereocenters. The zero-order valence-corrected chi connectivity index (χ0v) is 18.2. The summed E-state index contributed by atoms with van der Waals surface area (Å²) in [7, 11) is -3.75. The van der Waals surface area contributed by atoms with Gasteiger partial charge in [-0.2, -0.15) is 0 Å². The quantitative estimate of drug-likeness (QED) is 0.720. The molecule has 0 saturated carbocycles. The first kappa shape index (κ1) is 21.8. The number of hydrogen-bond donors (Lipinski definition) is 1. The maximum absolute atomic E-state index is 12.8. The second kappa shape index (κ2) is 8.83. The van der Waals surface area contributed by atoms with Gasteiger partial charge in [-0.05, 0) is 57.2 Å². The number of benzene rings is 2. The standard InChI is InChI=1S/C21H26N2O6S/c1-14(2)29-18-8-5-16(6-9-18)22-21(24)15(3)23(30(4,25)26)17-7-10-19-20(13-17)28-12-11-27-19/h5-10,13-15H,11-12H2,1-4H3,(H,22,24)/t15-/m1/s1. The van der Waals surface area contributed by atoms with Gasteiger partial charge in [0.1, 0.15) is 25.0 Å². The van der Waals surface area contributed by atoms with Gasteiger partial charge in [-0.1, -0.05) is 0 Å². The van der Waals surface area contributed by atoms with Crippen molar-refractivity contribution in [3.05, 3.63) is 42.5 Å². The van der Waals surface area contributed by atoms with Crippen molar-refractivity contribution in [2.24, 2.45) is 0 Å². The lowest BCUT2D eigenvalue weighted by Crippen LogP contribution is -2.45. The van der Waals surface area contributed by atoms with Crippen molar-refractivity contribution in [3.63, 3.8) is 0 Å². The molecule has 1 N–H and O–H groups in total. The second-order valence-corrected chi connectivity index (χ2v) is 9.10. The Labute approximate surface area is 176 Å². The first-order valence-corrected chi connectivity index (χ1v) is 11.5. The van der Waals surface area contributed by atoms with E-state index in [1.165, 1.54) is 6.92 Å². The van der Waals surface area contributed by atoms with E-state index < -0.39 is 22.0 Å². The number of nitrogens with one attached hydrogen (secondary N) is 1. The van der Waals surface area contributed by atoms with E-state index in [9.17, 15) is 13.2 Å². The van der Waals surface area contributed by atoms with Crippen LogP contribution in [0.4, 0.5) is 11.4 Å². The number of amides is 1. The Morgan fingerprint density at radius 1 is 1.03 bits per heavy atom. The Hall–Kier alpha value is -2.94. The Bertz CT molecular complexity index is 1000. The van der Waals surface area contributed by atoms with Crippen LogP contribution in [0.1, 0.15) is 20.8 Å². The molecule has 2 aromatic carbocycles. The van der Waals surface area contributed by atoms with E-state index in [0.717, 1.165) is 10.6 Å². The topological polar surface area (TPSA) is 94.2 Å². The number of fused-ring (bicyclic) bond motifs is 1. The van der Waals surface area contributed by atoms with Crippen LogP contribution in [0, 0.1) is 0 Å². The van der Waals surface area contributed by atoms with E-state index >= 15 is 0 Å². The molecule has 1 aliphatic rings. The summed E-state index contributed by atoms with van der Waals surface area (Å²) in [6.07, 6.45) is 1.10. The summed E-state index contributed by atoms with van der Waals surface area (Å²) in [5.41, 5.74) is 0.865. The molecule has 0 radical (unpaired) electrons. The number of anilines is 2. The lowest BCUT2D eigenvalue weighted by Gasteiger charge is -2.29. The molecule has 3 rings (SSSR count). The van der Waals surface area contributed by atoms with Gasteiger partial charge >= 0.3 is 0 Å². The molecule has 1 atom stereocenters. The first-order chi connectivity index (χ1) is 14.1. The Morgan fingerprint density at radius 2 is 1.67 bits per heavy atom. The molecule has 0 saturated heterocycles. The number of nitrogens with zero attached hydrogens (tertiary/aromatic N) is 1. The van der Waals surface area contributed by atoms with Crippen molar-refractivity contribution in [1.82, 2.24) is 0 Å². The summed E-state index contributed by atoms with van der Waals surface area (Å²) in [4.78, 5) is 12.8. The van der Waals surface area contributed by atoms with Crippen LogP contribution in [0.3, 0.4) is 0 Å².